The highest BCUT2D eigenvalue weighted by Crippen LogP contribution is 2.23. The van der Waals surface area contributed by atoms with E-state index in [-0.39, 0.29) is 11.9 Å². The normalized spacial score (nSPS) is 21.3. The minimum Gasteiger partial charge on any atom is -0.341 e. The number of carbonyl (C=O) groups is 1. The lowest BCUT2D eigenvalue weighted by atomic mass is 10.2. The zero-order valence-corrected chi connectivity index (χ0v) is 18.2. The molecule has 0 aromatic heterocycles. The Morgan fingerprint density at radius 3 is 2.14 bits per heavy atom. The highest BCUT2D eigenvalue weighted by molar-refractivity contribution is 7.89. The van der Waals surface area contributed by atoms with Crippen LogP contribution in [0.1, 0.15) is 43.7 Å². The summed E-state index contributed by atoms with van der Waals surface area (Å²) in [4.78, 5) is 17.4. The number of piperazine rings is 1. The molecule has 2 aliphatic heterocycles. The summed E-state index contributed by atoms with van der Waals surface area (Å²) in [5.41, 5.74) is 1.72. The van der Waals surface area contributed by atoms with Crippen LogP contribution in [0.2, 0.25) is 0 Å². The van der Waals surface area contributed by atoms with Gasteiger partial charge >= 0.3 is 0 Å². The number of rotatable bonds is 4. The molecule has 0 N–H and O–H groups in total. The third-order valence-corrected chi connectivity index (χ3v) is 8.10. The third-order valence-electron chi connectivity index (χ3n) is 6.06. The molecule has 0 bridgehead atoms. The summed E-state index contributed by atoms with van der Waals surface area (Å²) in [7, 11) is -3.50. The number of aryl methyl sites for hydroxylation is 2. The molecule has 2 aliphatic rings. The lowest BCUT2D eigenvalue weighted by Crippen LogP contribution is -2.55. The monoisotopic (exact) mass is 407 g/mol. The van der Waals surface area contributed by atoms with Crippen molar-refractivity contribution in [3.8, 4) is 0 Å². The topological polar surface area (TPSA) is 60.9 Å². The van der Waals surface area contributed by atoms with Crippen LogP contribution < -0.4 is 0 Å². The van der Waals surface area contributed by atoms with Crippen molar-refractivity contribution in [3.05, 3.63) is 29.3 Å². The Morgan fingerprint density at radius 1 is 0.929 bits per heavy atom. The van der Waals surface area contributed by atoms with Gasteiger partial charge in [-0.25, -0.2) is 8.42 Å². The minimum atomic E-state index is -3.50. The zero-order valence-electron chi connectivity index (χ0n) is 17.4. The van der Waals surface area contributed by atoms with Gasteiger partial charge in [-0.05, 0) is 50.8 Å². The third kappa shape index (κ3) is 4.58. The van der Waals surface area contributed by atoms with E-state index in [0.717, 1.165) is 37.1 Å². The number of amides is 1. The lowest BCUT2D eigenvalue weighted by molar-refractivity contribution is -0.136. The summed E-state index contributed by atoms with van der Waals surface area (Å²) in [6, 6.07) is 5.36. The Balaban J connectivity index is 1.63. The van der Waals surface area contributed by atoms with E-state index in [2.05, 4.69) is 4.90 Å². The predicted octanol–water partition coefficient (Wildman–Crippen LogP) is 2.40. The van der Waals surface area contributed by atoms with Crippen LogP contribution >= 0.6 is 0 Å². The highest BCUT2D eigenvalue weighted by Gasteiger charge is 2.33. The SMILES string of the molecule is Cc1ccc(C)c(S(=O)(=O)N2CCN(C(C)C(=O)N3CCCCCC3)CC2)c1. The van der Waals surface area contributed by atoms with E-state index in [4.69, 9.17) is 0 Å². The molecule has 0 aliphatic carbocycles. The molecule has 2 heterocycles. The maximum Gasteiger partial charge on any atom is 0.243 e. The Kier molecular flexibility index (Phi) is 6.78. The molecule has 1 atom stereocenters. The first-order valence-corrected chi connectivity index (χ1v) is 11.8. The fourth-order valence-electron chi connectivity index (χ4n) is 4.17. The second-order valence-corrected chi connectivity index (χ2v) is 10.0. The van der Waals surface area contributed by atoms with E-state index in [1.165, 1.54) is 12.8 Å². The van der Waals surface area contributed by atoms with E-state index in [1.807, 2.05) is 37.8 Å². The second-order valence-electron chi connectivity index (χ2n) is 8.12. The average Bonchev–Trinajstić information content (AvgIpc) is 2.98. The molecule has 0 radical (unpaired) electrons. The van der Waals surface area contributed by atoms with Crippen LogP contribution in [0.4, 0.5) is 0 Å². The van der Waals surface area contributed by atoms with Crippen LogP contribution in [0.15, 0.2) is 23.1 Å². The van der Waals surface area contributed by atoms with Gasteiger partial charge in [0.25, 0.3) is 0 Å². The Bertz CT molecular complexity index is 793. The summed E-state index contributed by atoms with van der Waals surface area (Å²) < 4.78 is 27.7. The van der Waals surface area contributed by atoms with Gasteiger partial charge in [-0.2, -0.15) is 4.31 Å². The molecule has 0 saturated carbocycles. The smallest absolute Gasteiger partial charge is 0.243 e. The summed E-state index contributed by atoms with van der Waals surface area (Å²) >= 11 is 0. The van der Waals surface area contributed by atoms with Crippen molar-refractivity contribution in [1.29, 1.82) is 0 Å². The van der Waals surface area contributed by atoms with E-state index in [0.29, 0.717) is 31.1 Å². The molecule has 2 saturated heterocycles. The first kappa shape index (κ1) is 21.3. The Morgan fingerprint density at radius 2 is 1.54 bits per heavy atom. The van der Waals surface area contributed by atoms with Crippen molar-refractivity contribution in [1.82, 2.24) is 14.1 Å². The Hall–Kier alpha value is -1.44. The maximum atomic E-state index is 13.1. The molecule has 3 rings (SSSR count). The van der Waals surface area contributed by atoms with Crippen molar-refractivity contribution < 1.29 is 13.2 Å². The summed E-state index contributed by atoms with van der Waals surface area (Å²) in [5, 5.41) is 0. The van der Waals surface area contributed by atoms with Gasteiger partial charge in [0.2, 0.25) is 15.9 Å². The van der Waals surface area contributed by atoms with Gasteiger partial charge in [0.05, 0.1) is 10.9 Å². The van der Waals surface area contributed by atoms with Gasteiger partial charge in [-0.15, -0.1) is 0 Å². The number of hydrogen-bond acceptors (Lipinski definition) is 4. The van der Waals surface area contributed by atoms with Crippen molar-refractivity contribution in [2.75, 3.05) is 39.3 Å². The first-order valence-electron chi connectivity index (χ1n) is 10.4. The second kappa shape index (κ2) is 8.93. The highest BCUT2D eigenvalue weighted by atomic mass is 32.2. The molecule has 7 heteroatoms. The van der Waals surface area contributed by atoms with Crippen LogP contribution in [0.5, 0.6) is 0 Å². The van der Waals surface area contributed by atoms with Crippen molar-refractivity contribution >= 4 is 15.9 Å². The van der Waals surface area contributed by atoms with Gasteiger partial charge in [0, 0.05) is 39.3 Å². The van der Waals surface area contributed by atoms with Crippen molar-refractivity contribution in [2.24, 2.45) is 0 Å². The lowest BCUT2D eigenvalue weighted by Gasteiger charge is -2.38. The average molecular weight is 408 g/mol. The van der Waals surface area contributed by atoms with Gasteiger partial charge in [0.15, 0.2) is 0 Å². The van der Waals surface area contributed by atoms with Crippen LogP contribution in [0, 0.1) is 13.8 Å². The minimum absolute atomic E-state index is 0.188. The molecule has 28 heavy (non-hydrogen) atoms. The molecule has 156 valence electrons. The molecule has 6 nitrogen and oxygen atoms in total. The number of likely N-dealkylation sites (tertiary alicyclic amines) is 1. The summed E-state index contributed by atoms with van der Waals surface area (Å²) in [5.74, 6) is 0.188. The number of sulfonamides is 1. The predicted molar refractivity (Wildman–Crippen MR) is 111 cm³/mol. The van der Waals surface area contributed by atoms with E-state index in [1.54, 1.807) is 10.4 Å². The number of nitrogens with zero attached hydrogens (tertiary/aromatic N) is 3. The number of benzene rings is 1. The first-order chi connectivity index (χ1) is 13.3. The largest absolute Gasteiger partial charge is 0.341 e. The molecular weight excluding hydrogens is 374 g/mol. The quantitative estimate of drug-likeness (QED) is 0.769. The standard InChI is InChI=1S/C21H33N3O3S/c1-17-8-9-18(2)20(16-17)28(26,27)24-14-12-22(13-15-24)19(3)21(25)23-10-6-4-5-7-11-23/h8-9,16,19H,4-7,10-15H2,1-3H3. The molecule has 1 unspecified atom stereocenters. The fraction of sp³-hybridized carbons (Fsp3) is 0.667. The summed E-state index contributed by atoms with van der Waals surface area (Å²) in [6.07, 6.45) is 4.57. The Labute approximate surface area is 169 Å². The number of carbonyl (C=O) groups excluding carboxylic acids is 1. The van der Waals surface area contributed by atoms with Gasteiger partial charge in [-0.3, -0.25) is 9.69 Å². The van der Waals surface area contributed by atoms with Gasteiger partial charge < -0.3 is 4.90 Å². The van der Waals surface area contributed by atoms with Crippen LogP contribution in [-0.4, -0.2) is 73.7 Å². The van der Waals surface area contributed by atoms with Crippen molar-refractivity contribution in [2.45, 2.75) is 57.4 Å². The molecule has 1 aromatic rings. The number of hydrogen-bond donors (Lipinski definition) is 0. The molecule has 2 fully saturated rings. The molecular formula is C21H33N3O3S. The van der Waals surface area contributed by atoms with Crippen LogP contribution in [0.3, 0.4) is 0 Å². The summed E-state index contributed by atoms with van der Waals surface area (Å²) in [6.45, 7) is 9.43. The fourth-order valence-corrected chi connectivity index (χ4v) is 5.90. The van der Waals surface area contributed by atoms with Gasteiger partial charge in [0.1, 0.15) is 0 Å². The zero-order chi connectivity index (χ0) is 20.3. The molecule has 1 aromatic carbocycles. The van der Waals surface area contributed by atoms with E-state index in [9.17, 15) is 13.2 Å². The van der Waals surface area contributed by atoms with E-state index >= 15 is 0 Å². The van der Waals surface area contributed by atoms with Crippen molar-refractivity contribution in [3.63, 3.8) is 0 Å². The van der Waals surface area contributed by atoms with Crippen LogP contribution in [-0.2, 0) is 14.8 Å². The maximum absolute atomic E-state index is 13.1. The van der Waals surface area contributed by atoms with Gasteiger partial charge in [-0.1, -0.05) is 25.0 Å². The molecule has 1 amide bonds. The van der Waals surface area contributed by atoms with E-state index < -0.39 is 10.0 Å². The van der Waals surface area contributed by atoms with Crippen LogP contribution in [0.25, 0.3) is 0 Å². The molecule has 0 spiro atoms.